The lowest BCUT2D eigenvalue weighted by Crippen LogP contribution is -2.77. The highest BCUT2D eigenvalue weighted by atomic mass is 32.2. The Morgan fingerprint density at radius 3 is 2.85 bits per heavy atom. The monoisotopic (exact) mass is 571 g/mol. The zero-order valence-electron chi connectivity index (χ0n) is 21.2. The van der Waals surface area contributed by atoms with E-state index in [0.29, 0.717) is 5.56 Å². The molecule has 208 valence electrons. The molecule has 2 aromatic carbocycles. The molecule has 2 atom stereocenters. The molecule has 3 aromatic rings. The summed E-state index contributed by atoms with van der Waals surface area (Å²) in [5.74, 6) is -3.15. The van der Waals surface area contributed by atoms with Gasteiger partial charge in [0.05, 0.1) is 20.3 Å². The van der Waals surface area contributed by atoms with Crippen molar-refractivity contribution in [1.82, 2.24) is 4.90 Å². The summed E-state index contributed by atoms with van der Waals surface area (Å²) >= 11 is 1.39. The van der Waals surface area contributed by atoms with Crippen molar-refractivity contribution < 1.29 is 47.1 Å². The van der Waals surface area contributed by atoms with Crippen LogP contribution in [0.3, 0.4) is 0 Å². The largest absolute Gasteiger partial charge is 0.865 e. The molecule has 0 unspecified atom stereocenters. The van der Waals surface area contributed by atoms with Gasteiger partial charge in [-0.25, -0.2) is 13.6 Å². The number of amides is 1. The predicted octanol–water partition coefficient (Wildman–Crippen LogP) is 2.59. The van der Waals surface area contributed by atoms with E-state index in [4.69, 9.17) is 14.2 Å². The fourth-order valence-electron chi connectivity index (χ4n) is 5.28. The minimum absolute atomic E-state index is 0.127. The van der Waals surface area contributed by atoms with Crippen LogP contribution in [-0.2, 0) is 20.0 Å². The predicted molar refractivity (Wildman–Crippen MR) is 133 cm³/mol. The summed E-state index contributed by atoms with van der Waals surface area (Å²) in [6.07, 6.45) is -0.158. The fraction of sp³-hybridized carbons (Fsp3) is 0.296. The van der Waals surface area contributed by atoms with Gasteiger partial charge in [0.2, 0.25) is 13.0 Å². The Labute approximate surface area is 231 Å². The lowest BCUT2D eigenvalue weighted by molar-refractivity contribution is -0.713. The topological polar surface area (TPSA) is 104 Å². The van der Waals surface area contributed by atoms with Gasteiger partial charge in [-0.05, 0) is 23.3 Å². The van der Waals surface area contributed by atoms with Crippen LogP contribution in [0.4, 0.5) is 13.6 Å². The van der Waals surface area contributed by atoms with Crippen molar-refractivity contribution in [2.24, 2.45) is 0 Å². The molecule has 3 aliphatic rings. The molecule has 0 bridgehead atoms. The van der Waals surface area contributed by atoms with Crippen molar-refractivity contribution in [1.29, 1.82) is 0 Å². The molecule has 1 amide bonds. The second kappa shape index (κ2) is 10.5. The standard InChI is InChI=1S/C27H23F2N3O7S/c1-36-27(35)39-14-38-19-8-9-31-24(25(19)33)26(34)30-10-11-37-12-21(30)32(31)23-15-6-7-18(28)22(29)17(15)13-40-20-5-3-2-4-16(20)23/h2-9,21,23H,10-14H2,1H3/t21-,23+/m1/s1. The third kappa shape index (κ3) is 4.25. The van der Waals surface area contributed by atoms with E-state index in [-0.39, 0.29) is 42.5 Å². The van der Waals surface area contributed by atoms with Crippen molar-refractivity contribution in [3.63, 3.8) is 0 Å². The number of hydrogen-bond acceptors (Lipinski definition) is 9. The number of thioether (sulfide) groups is 1. The molecule has 3 aliphatic heterocycles. The summed E-state index contributed by atoms with van der Waals surface area (Å²) in [4.78, 5) is 27.4. The Morgan fingerprint density at radius 2 is 2.02 bits per heavy atom. The smallest absolute Gasteiger partial charge is 0.510 e. The summed E-state index contributed by atoms with van der Waals surface area (Å²) in [6.45, 7) is 0.00198. The van der Waals surface area contributed by atoms with E-state index < -0.39 is 48.4 Å². The van der Waals surface area contributed by atoms with Crippen molar-refractivity contribution in [2.75, 3.05) is 38.7 Å². The van der Waals surface area contributed by atoms with Crippen LogP contribution in [0.25, 0.3) is 0 Å². The Balaban J connectivity index is 1.53. The third-order valence-corrected chi connectivity index (χ3v) is 8.21. The number of pyridine rings is 1. The molecule has 6 rings (SSSR count). The molecular weight excluding hydrogens is 548 g/mol. The number of halogens is 2. The molecule has 10 nitrogen and oxygen atoms in total. The number of carbonyl (C=O) groups is 2. The van der Waals surface area contributed by atoms with E-state index in [1.807, 2.05) is 24.3 Å². The Hall–Kier alpha value is -4.10. The van der Waals surface area contributed by atoms with Gasteiger partial charge in [-0.15, -0.1) is 16.8 Å². The van der Waals surface area contributed by atoms with E-state index in [0.717, 1.165) is 23.6 Å². The summed E-state index contributed by atoms with van der Waals surface area (Å²) in [6, 6.07) is 10.8. The van der Waals surface area contributed by atoms with Crippen LogP contribution in [0.5, 0.6) is 11.5 Å². The second-order valence-electron chi connectivity index (χ2n) is 9.16. The molecule has 1 saturated heterocycles. The van der Waals surface area contributed by atoms with Gasteiger partial charge < -0.3 is 29.0 Å². The average Bonchev–Trinajstić information content (AvgIpc) is 3.13. The highest BCUT2D eigenvalue weighted by molar-refractivity contribution is 7.98. The molecule has 0 aliphatic carbocycles. The van der Waals surface area contributed by atoms with Crippen molar-refractivity contribution in [2.45, 2.75) is 22.9 Å². The van der Waals surface area contributed by atoms with Crippen LogP contribution in [0, 0.1) is 11.6 Å². The van der Waals surface area contributed by atoms with Crippen LogP contribution in [0.1, 0.15) is 33.2 Å². The number of fused-ring (bicyclic) bond motifs is 4. The van der Waals surface area contributed by atoms with E-state index in [1.54, 1.807) is 11.1 Å². The number of benzene rings is 2. The van der Waals surface area contributed by atoms with Crippen LogP contribution in [-0.4, -0.2) is 56.8 Å². The first-order valence-electron chi connectivity index (χ1n) is 12.4. The van der Waals surface area contributed by atoms with Gasteiger partial charge in [-0.3, -0.25) is 4.79 Å². The maximum Gasteiger partial charge on any atom is 0.510 e. The molecule has 13 heteroatoms. The highest BCUT2D eigenvalue weighted by Crippen LogP contribution is 2.44. The van der Waals surface area contributed by atoms with Gasteiger partial charge in [0.25, 0.3) is 5.69 Å². The highest BCUT2D eigenvalue weighted by Gasteiger charge is 2.51. The van der Waals surface area contributed by atoms with Crippen LogP contribution >= 0.6 is 11.8 Å². The molecule has 1 fully saturated rings. The maximum atomic E-state index is 15.2. The Bertz CT molecular complexity index is 1510. The van der Waals surface area contributed by atoms with Crippen LogP contribution < -0.4 is 19.5 Å². The van der Waals surface area contributed by atoms with Crippen LogP contribution in [0.15, 0.2) is 53.6 Å². The lowest BCUT2D eigenvalue weighted by Gasteiger charge is -2.46. The first kappa shape index (κ1) is 26.1. The van der Waals surface area contributed by atoms with Gasteiger partial charge in [-0.2, -0.15) is 0 Å². The quantitative estimate of drug-likeness (QED) is 0.266. The number of methoxy groups -OCH3 is 1. The van der Waals surface area contributed by atoms with Gasteiger partial charge in [-0.1, -0.05) is 28.9 Å². The first-order chi connectivity index (χ1) is 19.4. The Morgan fingerprint density at radius 1 is 1.20 bits per heavy atom. The molecule has 0 N–H and O–H groups in total. The maximum absolute atomic E-state index is 15.2. The molecule has 1 aromatic heterocycles. The molecule has 0 saturated carbocycles. The number of nitrogens with zero attached hydrogens (tertiary/aromatic N) is 3. The van der Waals surface area contributed by atoms with E-state index in [2.05, 4.69) is 4.74 Å². The van der Waals surface area contributed by atoms with Crippen LogP contribution in [0.2, 0.25) is 0 Å². The van der Waals surface area contributed by atoms with E-state index in [1.165, 1.54) is 33.6 Å². The number of carbonyl (C=O) groups excluding carboxylic acids is 2. The van der Waals surface area contributed by atoms with Gasteiger partial charge in [0, 0.05) is 34.6 Å². The van der Waals surface area contributed by atoms with Crippen molar-refractivity contribution in [3.8, 4) is 11.5 Å². The summed E-state index contributed by atoms with van der Waals surface area (Å²) < 4.78 is 51.3. The minimum Gasteiger partial charge on any atom is -0.865 e. The molecule has 4 heterocycles. The second-order valence-corrected chi connectivity index (χ2v) is 10.2. The average molecular weight is 572 g/mol. The molecule has 0 spiro atoms. The Kier molecular flexibility index (Phi) is 6.84. The number of hydrogen-bond donors (Lipinski definition) is 0. The normalized spacial score (nSPS) is 19.5. The third-order valence-electron chi connectivity index (χ3n) is 7.09. The van der Waals surface area contributed by atoms with Crippen molar-refractivity contribution >= 4 is 23.8 Å². The lowest BCUT2D eigenvalue weighted by atomic mass is 9.93. The number of morpholine rings is 1. The van der Waals surface area contributed by atoms with E-state index >= 15 is 4.39 Å². The SMILES string of the molecule is COC(=O)OCOc1cc[n+]2c(c1[O-])C(=O)N1CCOC[C@H]1N2[C@@H]1c2ccccc2SCc2c1ccc(F)c2F. The molecular formula is C27H23F2N3O7S. The zero-order valence-corrected chi connectivity index (χ0v) is 22.0. The summed E-state index contributed by atoms with van der Waals surface area (Å²) in [7, 11) is 1.13. The van der Waals surface area contributed by atoms with Gasteiger partial charge >= 0.3 is 12.1 Å². The molecule has 0 radical (unpaired) electrons. The van der Waals surface area contributed by atoms with Gasteiger partial charge in [0.15, 0.2) is 17.8 Å². The number of aromatic nitrogens is 1. The number of rotatable bonds is 4. The molecule has 40 heavy (non-hydrogen) atoms. The van der Waals surface area contributed by atoms with Gasteiger partial charge in [0.1, 0.15) is 11.8 Å². The van der Waals surface area contributed by atoms with Crippen molar-refractivity contribution in [3.05, 3.63) is 82.7 Å². The fourth-order valence-corrected chi connectivity index (χ4v) is 6.40. The minimum atomic E-state index is -0.995. The number of ether oxygens (including phenoxy) is 4. The zero-order chi connectivity index (χ0) is 28.0. The summed E-state index contributed by atoms with van der Waals surface area (Å²) in [5.41, 5.74) is 1.30. The first-order valence-corrected chi connectivity index (χ1v) is 13.3. The van der Waals surface area contributed by atoms with E-state index in [9.17, 15) is 19.1 Å². The summed E-state index contributed by atoms with van der Waals surface area (Å²) in [5, 5.41) is 15.4.